The first-order valence-corrected chi connectivity index (χ1v) is 8.75. The molecule has 3 aromatic carbocycles. The van der Waals surface area contributed by atoms with Gasteiger partial charge in [-0.05, 0) is 55.8 Å². The minimum Gasteiger partial charge on any atom is -0.468 e. The van der Waals surface area contributed by atoms with Gasteiger partial charge in [0.1, 0.15) is 11.5 Å². The van der Waals surface area contributed by atoms with Gasteiger partial charge in [0.15, 0.2) is 6.79 Å². The number of benzene rings is 3. The molecule has 0 amide bonds. The van der Waals surface area contributed by atoms with Crippen LogP contribution in [0.1, 0.15) is 27.0 Å². The molecule has 138 valence electrons. The first-order chi connectivity index (χ1) is 13.1. The van der Waals surface area contributed by atoms with Crippen LogP contribution in [0.5, 0.6) is 11.5 Å². The van der Waals surface area contributed by atoms with Gasteiger partial charge >= 0.3 is 5.97 Å². The highest BCUT2D eigenvalue weighted by molar-refractivity contribution is 5.91. The molecule has 27 heavy (non-hydrogen) atoms. The monoisotopic (exact) mass is 362 g/mol. The van der Waals surface area contributed by atoms with Gasteiger partial charge in [-0.15, -0.1) is 0 Å². The maximum Gasteiger partial charge on any atom is 0.343 e. The van der Waals surface area contributed by atoms with Crippen molar-refractivity contribution in [3.8, 4) is 11.5 Å². The summed E-state index contributed by atoms with van der Waals surface area (Å²) < 4.78 is 16.4. The molecule has 0 unspecified atom stereocenters. The fourth-order valence-electron chi connectivity index (χ4n) is 2.41. The Morgan fingerprint density at radius 2 is 1.30 bits per heavy atom. The number of esters is 1. The smallest absolute Gasteiger partial charge is 0.343 e. The van der Waals surface area contributed by atoms with Crippen LogP contribution >= 0.6 is 0 Å². The molecule has 4 heteroatoms. The Morgan fingerprint density at radius 3 is 1.93 bits per heavy atom. The summed E-state index contributed by atoms with van der Waals surface area (Å²) in [5.74, 6) is 0.907. The van der Waals surface area contributed by atoms with E-state index in [-0.39, 0.29) is 12.8 Å². The average Bonchev–Trinajstić information content (AvgIpc) is 2.68. The second kappa shape index (κ2) is 9.01. The minimum absolute atomic E-state index is 0.174. The summed E-state index contributed by atoms with van der Waals surface area (Å²) in [5.41, 5.74) is 3.78. The molecule has 0 aliphatic rings. The molecule has 0 heterocycles. The molecule has 0 spiro atoms. The van der Waals surface area contributed by atoms with Crippen LogP contribution < -0.4 is 9.47 Å². The molecular weight excluding hydrogens is 340 g/mol. The second-order valence-corrected chi connectivity index (χ2v) is 6.32. The lowest BCUT2D eigenvalue weighted by atomic mass is 10.1. The van der Waals surface area contributed by atoms with Gasteiger partial charge in [-0.1, -0.05) is 47.5 Å². The van der Waals surface area contributed by atoms with Crippen molar-refractivity contribution in [2.45, 2.75) is 20.5 Å². The van der Waals surface area contributed by atoms with Crippen LogP contribution in [0.4, 0.5) is 0 Å². The lowest BCUT2D eigenvalue weighted by Gasteiger charge is -2.08. The molecule has 0 N–H and O–H groups in total. The van der Waals surface area contributed by atoms with Gasteiger partial charge < -0.3 is 14.2 Å². The Bertz CT molecular complexity index is 866. The maximum absolute atomic E-state index is 12.1. The first-order valence-electron chi connectivity index (χ1n) is 8.75. The Morgan fingerprint density at radius 1 is 0.741 bits per heavy atom. The Kier molecular flexibility index (Phi) is 6.23. The third-order valence-corrected chi connectivity index (χ3v) is 4.02. The highest BCUT2D eigenvalue weighted by Gasteiger charge is 2.08. The summed E-state index contributed by atoms with van der Waals surface area (Å²) in [4.78, 5) is 12.1. The SMILES string of the molecule is Cc1ccc(OCOCc2ccc(OC(=O)c3ccc(C)cc3)cc2)cc1. The van der Waals surface area contributed by atoms with Crippen molar-refractivity contribution in [3.63, 3.8) is 0 Å². The third-order valence-electron chi connectivity index (χ3n) is 4.02. The molecule has 0 aliphatic carbocycles. The molecule has 0 atom stereocenters. The van der Waals surface area contributed by atoms with Crippen LogP contribution in [0.3, 0.4) is 0 Å². The zero-order valence-electron chi connectivity index (χ0n) is 15.5. The number of hydrogen-bond acceptors (Lipinski definition) is 4. The van der Waals surface area contributed by atoms with Crippen LogP contribution in [0.25, 0.3) is 0 Å². The molecule has 0 radical (unpaired) electrons. The second-order valence-electron chi connectivity index (χ2n) is 6.32. The summed E-state index contributed by atoms with van der Waals surface area (Å²) in [5, 5.41) is 0. The van der Waals surface area contributed by atoms with Crippen LogP contribution in [0.15, 0.2) is 72.8 Å². The number of ether oxygens (including phenoxy) is 3. The molecule has 0 aliphatic heterocycles. The van der Waals surface area contributed by atoms with Crippen molar-refractivity contribution in [1.82, 2.24) is 0 Å². The quantitative estimate of drug-likeness (QED) is 0.255. The molecule has 0 bridgehead atoms. The van der Waals surface area contributed by atoms with Gasteiger partial charge in [-0.3, -0.25) is 0 Å². The van der Waals surface area contributed by atoms with E-state index in [0.29, 0.717) is 17.9 Å². The summed E-state index contributed by atoms with van der Waals surface area (Å²) in [6.45, 7) is 4.59. The van der Waals surface area contributed by atoms with Gasteiger partial charge in [0.25, 0.3) is 0 Å². The van der Waals surface area contributed by atoms with E-state index >= 15 is 0 Å². The van der Waals surface area contributed by atoms with Crippen LogP contribution in [0.2, 0.25) is 0 Å². The third kappa shape index (κ3) is 5.69. The van der Waals surface area contributed by atoms with Gasteiger partial charge in [0.2, 0.25) is 0 Å². The van der Waals surface area contributed by atoms with Crippen LogP contribution in [-0.2, 0) is 11.3 Å². The standard InChI is InChI=1S/C23H22O4/c1-17-3-9-20(10-4-17)23(24)27-22-13-7-19(8-14-22)15-25-16-26-21-11-5-18(2)6-12-21/h3-14H,15-16H2,1-2H3. The molecular formula is C23H22O4. The fraction of sp³-hybridized carbons (Fsp3) is 0.174. The van der Waals surface area contributed by atoms with E-state index in [1.807, 2.05) is 62.4 Å². The molecule has 3 rings (SSSR count). The predicted molar refractivity (Wildman–Crippen MR) is 104 cm³/mol. The van der Waals surface area contributed by atoms with Crippen molar-refractivity contribution in [2.24, 2.45) is 0 Å². The van der Waals surface area contributed by atoms with Gasteiger partial charge in [-0.25, -0.2) is 4.79 Å². The summed E-state index contributed by atoms with van der Waals surface area (Å²) in [7, 11) is 0. The number of carbonyl (C=O) groups excluding carboxylic acids is 1. The molecule has 0 fully saturated rings. The van der Waals surface area contributed by atoms with Gasteiger partial charge in [-0.2, -0.15) is 0 Å². The zero-order chi connectivity index (χ0) is 19.1. The van der Waals surface area contributed by atoms with Crippen LogP contribution in [-0.4, -0.2) is 12.8 Å². The van der Waals surface area contributed by atoms with E-state index in [0.717, 1.165) is 16.9 Å². The van der Waals surface area contributed by atoms with Crippen molar-refractivity contribution in [3.05, 3.63) is 95.1 Å². The topological polar surface area (TPSA) is 44.8 Å². The number of aryl methyl sites for hydroxylation is 2. The Hall–Kier alpha value is -3.11. The number of carbonyl (C=O) groups is 1. The van der Waals surface area contributed by atoms with Gasteiger partial charge in [0.05, 0.1) is 12.2 Å². The lowest BCUT2D eigenvalue weighted by molar-refractivity contribution is 0.00503. The molecule has 0 saturated heterocycles. The van der Waals surface area contributed by atoms with Crippen molar-refractivity contribution >= 4 is 5.97 Å². The summed E-state index contributed by atoms with van der Waals surface area (Å²) in [6, 6.07) is 22.3. The Labute approximate surface area is 159 Å². The molecule has 0 saturated carbocycles. The van der Waals surface area contributed by atoms with Crippen molar-refractivity contribution < 1.29 is 19.0 Å². The highest BCUT2D eigenvalue weighted by Crippen LogP contribution is 2.16. The zero-order valence-corrected chi connectivity index (χ0v) is 15.5. The van der Waals surface area contributed by atoms with Crippen molar-refractivity contribution in [2.75, 3.05) is 6.79 Å². The van der Waals surface area contributed by atoms with Crippen molar-refractivity contribution in [1.29, 1.82) is 0 Å². The summed E-state index contributed by atoms with van der Waals surface area (Å²) in [6.07, 6.45) is 0. The number of rotatable bonds is 7. The van der Waals surface area contributed by atoms with E-state index < -0.39 is 0 Å². The van der Waals surface area contributed by atoms with Gasteiger partial charge in [0, 0.05) is 0 Å². The average molecular weight is 362 g/mol. The largest absolute Gasteiger partial charge is 0.468 e. The normalized spacial score (nSPS) is 10.4. The lowest BCUT2D eigenvalue weighted by Crippen LogP contribution is -2.08. The summed E-state index contributed by atoms with van der Waals surface area (Å²) >= 11 is 0. The predicted octanol–water partition coefficient (Wildman–Crippen LogP) is 5.08. The molecule has 3 aromatic rings. The van der Waals surface area contributed by atoms with Crippen LogP contribution in [0, 0.1) is 13.8 Å². The molecule has 0 aromatic heterocycles. The minimum atomic E-state index is -0.370. The fourth-order valence-corrected chi connectivity index (χ4v) is 2.41. The van der Waals surface area contributed by atoms with E-state index in [1.54, 1.807) is 24.3 Å². The van der Waals surface area contributed by atoms with E-state index in [1.165, 1.54) is 5.56 Å². The van der Waals surface area contributed by atoms with E-state index in [2.05, 4.69) is 0 Å². The highest BCUT2D eigenvalue weighted by atomic mass is 16.7. The van der Waals surface area contributed by atoms with E-state index in [4.69, 9.17) is 14.2 Å². The first kappa shape index (κ1) is 18.7. The van der Waals surface area contributed by atoms with E-state index in [9.17, 15) is 4.79 Å². The molecule has 4 nitrogen and oxygen atoms in total. The maximum atomic E-state index is 12.1. The number of hydrogen-bond donors (Lipinski definition) is 0. The Balaban J connectivity index is 1.45.